The molecule has 3 nitrogen and oxygen atoms in total. The van der Waals surface area contributed by atoms with Gasteiger partial charge in [-0.05, 0) is 24.6 Å². The number of hydrogen-bond acceptors (Lipinski definition) is 3. The van der Waals surface area contributed by atoms with Crippen LogP contribution >= 0.6 is 11.6 Å². The van der Waals surface area contributed by atoms with Gasteiger partial charge >= 0.3 is 0 Å². The molecular weight excluding hydrogens is 226 g/mol. The summed E-state index contributed by atoms with van der Waals surface area (Å²) in [4.78, 5) is 0. The summed E-state index contributed by atoms with van der Waals surface area (Å²) in [6, 6.07) is 5.66. The highest BCUT2D eigenvalue weighted by Crippen LogP contribution is 2.22. The summed E-state index contributed by atoms with van der Waals surface area (Å²) in [5.41, 5.74) is 1.09. The first kappa shape index (κ1) is 11.7. The Balaban J connectivity index is 1.90. The van der Waals surface area contributed by atoms with E-state index in [1.54, 1.807) is 0 Å². The molecule has 0 spiro atoms. The lowest BCUT2D eigenvalue weighted by Gasteiger charge is -2.24. The Hall–Kier alpha value is -0.770. The molecule has 2 rings (SSSR count). The van der Waals surface area contributed by atoms with Crippen molar-refractivity contribution in [2.75, 3.05) is 26.3 Å². The molecule has 0 aliphatic carbocycles. The lowest BCUT2D eigenvalue weighted by molar-refractivity contribution is 0.0000688. The second-order valence-corrected chi connectivity index (χ2v) is 4.35. The Morgan fingerprint density at radius 2 is 2.44 bits per heavy atom. The van der Waals surface area contributed by atoms with Crippen LogP contribution in [0, 0.1) is 6.92 Å². The Bertz CT molecular complexity index is 351. The summed E-state index contributed by atoms with van der Waals surface area (Å²) in [6.45, 7) is 5.09. The molecule has 1 aromatic rings. The maximum atomic E-state index is 5.91. The number of hydrogen-bond donors (Lipinski definition) is 1. The second-order valence-electron chi connectivity index (χ2n) is 3.92. The van der Waals surface area contributed by atoms with Crippen LogP contribution in [0.25, 0.3) is 0 Å². The molecule has 0 radical (unpaired) electrons. The first-order chi connectivity index (χ1) is 7.75. The van der Waals surface area contributed by atoms with Gasteiger partial charge in [0.15, 0.2) is 0 Å². The van der Waals surface area contributed by atoms with Gasteiger partial charge in [0.25, 0.3) is 0 Å². The Kier molecular flexibility index (Phi) is 4.04. The molecule has 88 valence electrons. The maximum absolute atomic E-state index is 5.91. The third kappa shape index (κ3) is 3.11. The average molecular weight is 242 g/mol. The van der Waals surface area contributed by atoms with E-state index in [1.165, 1.54) is 0 Å². The molecular formula is C12H16ClNO2. The first-order valence-electron chi connectivity index (χ1n) is 5.47. The van der Waals surface area contributed by atoms with Crippen molar-refractivity contribution in [3.63, 3.8) is 0 Å². The molecule has 4 heteroatoms. The van der Waals surface area contributed by atoms with Gasteiger partial charge in [0.05, 0.1) is 6.61 Å². The lowest BCUT2D eigenvalue weighted by Crippen LogP contribution is -2.41. The largest absolute Gasteiger partial charge is 0.491 e. The van der Waals surface area contributed by atoms with E-state index in [9.17, 15) is 0 Å². The lowest BCUT2D eigenvalue weighted by atomic mass is 10.2. The van der Waals surface area contributed by atoms with E-state index >= 15 is 0 Å². The Labute approximate surface area is 101 Å². The van der Waals surface area contributed by atoms with Crippen molar-refractivity contribution in [3.05, 3.63) is 28.8 Å². The van der Waals surface area contributed by atoms with E-state index in [0.717, 1.165) is 31.0 Å². The molecule has 1 heterocycles. The number of rotatable bonds is 3. The van der Waals surface area contributed by atoms with E-state index in [0.29, 0.717) is 11.6 Å². The SMILES string of the molecule is Cc1ccc(Cl)cc1OCC1CNCCO1. The number of aryl methyl sites for hydroxylation is 1. The molecule has 1 aliphatic rings. The molecule has 0 aromatic heterocycles. The van der Waals surface area contributed by atoms with Crippen LogP contribution in [0.3, 0.4) is 0 Å². The van der Waals surface area contributed by atoms with Crippen LogP contribution in [0.15, 0.2) is 18.2 Å². The third-order valence-electron chi connectivity index (χ3n) is 2.58. The summed E-state index contributed by atoms with van der Waals surface area (Å²) in [5.74, 6) is 0.835. The fourth-order valence-corrected chi connectivity index (χ4v) is 1.80. The van der Waals surface area contributed by atoms with Crippen LogP contribution in [0.5, 0.6) is 5.75 Å². The minimum atomic E-state index is 0.132. The number of morpholine rings is 1. The Morgan fingerprint density at radius 1 is 1.56 bits per heavy atom. The fourth-order valence-electron chi connectivity index (χ4n) is 1.64. The van der Waals surface area contributed by atoms with Gasteiger partial charge in [-0.1, -0.05) is 17.7 Å². The molecule has 1 N–H and O–H groups in total. The van der Waals surface area contributed by atoms with E-state index < -0.39 is 0 Å². The van der Waals surface area contributed by atoms with Crippen LogP contribution in [0.2, 0.25) is 5.02 Å². The van der Waals surface area contributed by atoms with Gasteiger partial charge in [0.2, 0.25) is 0 Å². The number of nitrogens with one attached hydrogen (secondary N) is 1. The van der Waals surface area contributed by atoms with Crippen molar-refractivity contribution < 1.29 is 9.47 Å². The molecule has 1 atom stereocenters. The number of halogens is 1. The molecule has 1 unspecified atom stereocenters. The molecule has 0 amide bonds. The third-order valence-corrected chi connectivity index (χ3v) is 2.81. The summed E-state index contributed by atoms with van der Waals surface area (Å²) in [5, 5.41) is 3.96. The van der Waals surface area contributed by atoms with Gasteiger partial charge < -0.3 is 14.8 Å². The van der Waals surface area contributed by atoms with Gasteiger partial charge in [0, 0.05) is 18.1 Å². The van der Waals surface area contributed by atoms with Gasteiger partial charge in [0.1, 0.15) is 18.5 Å². The predicted octanol–water partition coefficient (Wildman–Crippen LogP) is 2.02. The van der Waals surface area contributed by atoms with Crippen LogP contribution in [-0.2, 0) is 4.74 Å². The molecule has 1 saturated heterocycles. The highest BCUT2D eigenvalue weighted by Gasteiger charge is 2.14. The average Bonchev–Trinajstić information content (AvgIpc) is 2.32. The Morgan fingerprint density at radius 3 is 3.19 bits per heavy atom. The number of benzene rings is 1. The normalized spacial score (nSPS) is 20.8. The van der Waals surface area contributed by atoms with Gasteiger partial charge in [-0.2, -0.15) is 0 Å². The van der Waals surface area contributed by atoms with Crippen molar-refractivity contribution in [1.82, 2.24) is 5.32 Å². The summed E-state index contributed by atoms with van der Waals surface area (Å²) < 4.78 is 11.3. The summed E-state index contributed by atoms with van der Waals surface area (Å²) >= 11 is 5.91. The quantitative estimate of drug-likeness (QED) is 0.878. The van der Waals surface area contributed by atoms with Crippen molar-refractivity contribution in [1.29, 1.82) is 0 Å². The zero-order chi connectivity index (χ0) is 11.4. The molecule has 1 aromatic carbocycles. The molecule has 0 bridgehead atoms. The minimum Gasteiger partial charge on any atom is -0.491 e. The van der Waals surface area contributed by atoms with E-state index in [1.807, 2.05) is 25.1 Å². The van der Waals surface area contributed by atoms with E-state index in [4.69, 9.17) is 21.1 Å². The van der Waals surface area contributed by atoms with Crippen LogP contribution < -0.4 is 10.1 Å². The van der Waals surface area contributed by atoms with E-state index in [2.05, 4.69) is 5.32 Å². The summed E-state index contributed by atoms with van der Waals surface area (Å²) in [7, 11) is 0. The predicted molar refractivity (Wildman–Crippen MR) is 64.3 cm³/mol. The monoisotopic (exact) mass is 241 g/mol. The molecule has 0 saturated carbocycles. The molecule has 16 heavy (non-hydrogen) atoms. The van der Waals surface area contributed by atoms with Crippen LogP contribution in [0.1, 0.15) is 5.56 Å². The van der Waals surface area contributed by atoms with Gasteiger partial charge in [-0.3, -0.25) is 0 Å². The highest BCUT2D eigenvalue weighted by atomic mass is 35.5. The minimum absolute atomic E-state index is 0.132. The smallest absolute Gasteiger partial charge is 0.123 e. The van der Waals surface area contributed by atoms with Crippen molar-refractivity contribution in [3.8, 4) is 5.75 Å². The molecule has 1 aliphatic heterocycles. The maximum Gasteiger partial charge on any atom is 0.123 e. The van der Waals surface area contributed by atoms with Crippen molar-refractivity contribution in [2.45, 2.75) is 13.0 Å². The van der Waals surface area contributed by atoms with Gasteiger partial charge in [-0.15, -0.1) is 0 Å². The van der Waals surface area contributed by atoms with Crippen molar-refractivity contribution in [2.24, 2.45) is 0 Å². The standard InChI is InChI=1S/C12H16ClNO2/c1-9-2-3-10(13)6-12(9)16-8-11-7-14-4-5-15-11/h2-3,6,11,14H,4-5,7-8H2,1H3. The molecule has 1 fully saturated rings. The van der Waals surface area contributed by atoms with Crippen LogP contribution in [-0.4, -0.2) is 32.4 Å². The highest BCUT2D eigenvalue weighted by molar-refractivity contribution is 6.30. The van der Waals surface area contributed by atoms with Crippen LogP contribution in [0.4, 0.5) is 0 Å². The zero-order valence-electron chi connectivity index (χ0n) is 9.33. The first-order valence-corrected chi connectivity index (χ1v) is 5.85. The number of ether oxygens (including phenoxy) is 2. The summed E-state index contributed by atoms with van der Waals surface area (Å²) in [6.07, 6.45) is 0.132. The van der Waals surface area contributed by atoms with Crippen molar-refractivity contribution >= 4 is 11.6 Å². The van der Waals surface area contributed by atoms with Gasteiger partial charge in [-0.25, -0.2) is 0 Å². The fraction of sp³-hybridized carbons (Fsp3) is 0.500. The topological polar surface area (TPSA) is 30.5 Å². The zero-order valence-corrected chi connectivity index (χ0v) is 10.1. The van der Waals surface area contributed by atoms with E-state index in [-0.39, 0.29) is 6.10 Å². The second kappa shape index (κ2) is 5.53.